The quantitative estimate of drug-likeness (QED) is 0.725. The van der Waals surface area contributed by atoms with Gasteiger partial charge in [-0.3, -0.25) is 9.59 Å². The van der Waals surface area contributed by atoms with Gasteiger partial charge in [0.15, 0.2) is 0 Å². The maximum atomic E-state index is 13.5. The molecule has 6 heteroatoms. The summed E-state index contributed by atoms with van der Waals surface area (Å²) in [7, 11) is 0. The predicted octanol–water partition coefficient (Wildman–Crippen LogP) is 3.30. The molecule has 0 bridgehead atoms. The molecule has 0 amide bonds. The summed E-state index contributed by atoms with van der Waals surface area (Å²) >= 11 is 0. The summed E-state index contributed by atoms with van der Waals surface area (Å²) in [4.78, 5) is 22.7. The van der Waals surface area contributed by atoms with Gasteiger partial charge in [-0.15, -0.1) is 0 Å². The van der Waals surface area contributed by atoms with Gasteiger partial charge in [-0.2, -0.15) is 0 Å². The molecule has 1 unspecified atom stereocenters. The molecule has 0 aliphatic heterocycles. The normalized spacial score (nSPS) is 11.8. The molecule has 0 saturated carbocycles. The van der Waals surface area contributed by atoms with Crippen molar-refractivity contribution in [3.63, 3.8) is 0 Å². The Morgan fingerprint density at radius 1 is 1.14 bits per heavy atom. The Morgan fingerprint density at radius 3 is 2.29 bits per heavy atom. The van der Waals surface area contributed by atoms with Crippen molar-refractivity contribution >= 4 is 11.9 Å². The monoisotopic (exact) mass is 300 g/mol. The SMILES string of the molecule is CCOC(=O)CCCC(=O)OC(C)c1c(F)cccc1F. The minimum Gasteiger partial charge on any atom is -0.466 e. The van der Waals surface area contributed by atoms with Crippen molar-refractivity contribution in [3.05, 3.63) is 35.4 Å². The van der Waals surface area contributed by atoms with Gasteiger partial charge in [-0.05, 0) is 32.4 Å². The first-order valence-electron chi connectivity index (χ1n) is 6.74. The summed E-state index contributed by atoms with van der Waals surface area (Å²) in [6.45, 7) is 3.37. The van der Waals surface area contributed by atoms with Crippen LogP contribution in [0, 0.1) is 11.6 Å². The minimum absolute atomic E-state index is 0.0147. The van der Waals surface area contributed by atoms with E-state index in [9.17, 15) is 18.4 Å². The van der Waals surface area contributed by atoms with Crippen LogP contribution in [0.4, 0.5) is 8.78 Å². The zero-order valence-corrected chi connectivity index (χ0v) is 12.0. The topological polar surface area (TPSA) is 52.6 Å². The summed E-state index contributed by atoms with van der Waals surface area (Å²) in [5, 5.41) is 0. The molecule has 1 aromatic rings. The first-order chi connectivity index (χ1) is 9.95. The van der Waals surface area contributed by atoms with Crippen molar-refractivity contribution in [2.75, 3.05) is 6.61 Å². The summed E-state index contributed by atoms with van der Waals surface area (Å²) in [5.41, 5.74) is -0.281. The predicted molar refractivity (Wildman–Crippen MR) is 71.3 cm³/mol. The molecule has 0 heterocycles. The lowest BCUT2D eigenvalue weighted by Crippen LogP contribution is -2.12. The average molecular weight is 300 g/mol. The molecule has 0 aromatic heterocycles. The van der Waals surface area contributed by atoms with Crippen LogP contribution in [0.1, 0.15) is 44.8 Å². The molecular formula is C15H18F2O4. The number of benzene rings is 1. The van der Waals surface area contributed by atoms with Crippen LogP contribution in [0.25, 0.3) is 0 Å². The van der Waals surface area contributed by atoms with Gasteiger partial charge in [0, 0.05) is 12.8 Å². The number of ether oxygens (including phenoxy) is 2. The molecule has 21 heavy (non-hydrogen) atoms. The molecule has 1 aromatic carbocycles. The van der Waals surface area contributed by atoms with Crippen LogP contribution in [-0.4, -0.2) is 18.5 Å². The second-order valence-electron chi connectivity index (χ2n) is 4.43. The fraction of sp³-hybridized carbons (Fsp3) is 0.467. The Morgan fingerprint density at radius 2 is 1.71 bits per heavy atom. The first kappa shape index (κ1) is 17.1. The van der Waals surface area contributed by atoms with E-state index in [1.54, 1.807) is 6.92 Å². The van der Waals surface area contributed by atoms with Gasteiger partial charge in [0.05, 0.1) is 12.2 Å². The summed E-state index contributed by atoms with van der Waals surface area (Å²) in [6.07, 6.45) is -0.671. The highest BCUT2D eigenvalue weighted by Crippen LogP contribution is 2.23. The molecule has 0 aliphatic carbocycles. The number of hydrogen-bond donors (Lipinski definition) is 0. The van der Waals surface area contributed by atoms with Crippen molar-refractivity contribution in [2.24, 2.45) is 0 Å². The molecule has 0 aliphatic rings. The van der Waals surface area contributed by atoms with Crippen LogP contribution >= 0.6 is 0 Å². The lowest BCUT2D eigenvalue weighted by atomic mass is 10.1. The number of carbonyl (C=O) groups is 2. The Labute approximate surface area is 122 Å². The van der Waals surface area contributed by atoms with Crippen molar-refractivity contribution in [1.82, 2.24) is 0 Å². The highest BCUT2D eigenvalue weighted by molar-refractivity contribution is 5.72. The second kappa shape index (κ2) is 8.34. The first-order valence-corrected chi connectivity index (χ1v) is 6.74. The number of halogens is 2. The van der Waals surface area contributed by atoms with Gasteiger partial charge in [-0.25, -0.2) is 8.78 Å². The van der Waals surface area contributed by atoms with Crippen molar-refractivity contribution in [3.8, 4) is 0 Å². The molecule has 0 N–H and O–H groups in total. The maximum absolute atomic E-state index is 13.5. The summed E-state index contributed by atoms with van der Waals surface area (Å²) in [5.74, 6) is -2.53. The molecule has 4 nitrogen and oxygen atoms in total. The standard InChI is InChI=1S/C15H18F2O4/c1-3-20-13(18)8-5-9-14(19)21-10(2)15-11(16)6-4-7-12(15)17/h4,6-7,10H,3,5,8-9H2,1-2H3. The largest absolute Gasteiger partial charge is 0.466 e. The third-order valence-electron chi connectivity index (χ3n) is 2.78. The van der Waals surface area contributed by atoms with Gasteiger partial charge in [0.1, 0.15) is 17.7 Å². The molecule has 1 rings (SSSR count). The van der Waals surface area contributed by atoms with Crippen LogP contribution < -0.4 is 0 Å². The van der Waals surface area contributed by atoms with E-state index in [-0.39, 0.29) is 31.4 Å². The summed E-state index contributed by atoms with van der Waals surface area (Å²) < 4.78 is 36.7. The highest BCUT2D eigenvalue weighted by atomic mass is 19.1. The van der Waals surface area contributed by atoms with Crippen LogP contribution in [0.3, 0.4) is 0 Å². The maximum Gasteiger partial charge on any atom is 0.306 e. The molecule has 0 saturated heterocycles. The third-order valence-corrected chi connectivity index (χ3v) is 2.78. The van der Waals surface area contributed by atoms with E-state index < -0.39 is 29.7 Å². The van der Waals surface area contributed by atoms with E-state index in [0.717, 1.165) is 12.1 Å². The van der Waals surface area contributed by atoms with Gasteiger partial charge < -0.3 is 9.47 Å². The summed E-state index contributed by atoms with van der Waals surface area (Å²) in [6, 6.07) is 3.44. The number of rotatable bonds is 7. The molecule has 1 atom stereocenters. The van der Waals surface area contributed by atoms with E-state index in [1.165, 1.54) is 13.0 Å². The zero-order chi connectivity index (χ0) is 15.8. The molecule has 0 spiro atoms. The van der Waals surface area contributed by atoms with Crippen LogP contribution in [0.5, 0.6) is 0 Å². The second-order valence-corrected chi connectivity index (χ2v) is 4.43. The van der Waals surface area contributed by atoms with Crippen LogP contribution in [-0.2, 0) is 19.1 Å². The number of carbonyl (C=O) groups excluding carboxylic acids is 2. The Hall–Kier alpha value is -1.98. The highest BCUT2D eigenvalue weighted by Gasteiger charge is 2.19. The Kier molecular flexibility index (Phi) is 6.78. The molecular weight excluding hydrogens is 282 g/mol. The van der Waals surface area contributed by atoms with E-state index in [4.69, 9.17) is 9.47 Å². The fourth-order valence-electron chi connectivity index (χ4n) is 1.82. The smallest absolute Gasteiger partial charge is 0.306 e. The number of esters is 2. The van der Waals surface area contributed by atoms with Gasteiger partial charge in [-0.1, -0.05) is 6.07 Å². The number of hydrogen-bond acceptors (Lipinski definition) is 4. The molecule has 116 valence electrons. The van der Waals surface area contributed by atoms with Crippen LogP contribution in [0.2, 0.25) is 0 Å². The van der Waals surface area contributed by atoms with Crippen molar-refractivity contribution < 1.29 is 27.8 Å². The molecule has 0 fully saturated rings. The Balaban J connectivity index is 2.46. The zero-order valence-electron chi connectivity index (χ0n) is 12.0. The average Bonchev–Trinajstić information content (AvgIpc) is 2.38. The lowest BCUT2D eigenvalue weighted by molar-refractivity contribution is -0.149. The fourth-order valence-corrected chi connectivity index (χ4v) is 1.82. The molecule has 0 radical (unpaired) electrons. The van der Waals surface area contributed by atoms with E-state index >= 15 is 0 Å². The van der Waals surface area contributed by atoms with Crippen molar-refractivity contribution in [2.45, 2.75) is 39.2 Å². The van der Waals surface area contributed by atoms with E-state index in [2.05, 4.69) is 0 Å². The lowest BCUT2D eigenvalue weighted by Gasteiger charge is -2.15. The van der Waals surface area contributed by atoms with Gasteiger partial charge in [0.2, 0.25) is 0 Å². The van der Waals surface area contributed by atoms with E-state index in [0.29, 0.717) is 0 Å². The van der Waals surface area contributed by atoms with Gasteiger partial charge in [0.25, 0.3) is 0 Å². The van der Waals surface area contributed by atoms with Gasteiger partial charge >= 0.3 is 11.9 Å². The van der Waals surface area contributed by atoms with Crippen molar-refractivity contribution in [1.29, 1.82) is 0 Å². The minimum atomic E-state index is -1.03. The van der Waals surface area contributed by atoms with E-state index in [1.807, 2.05) is 0 Å². The van der Waals surface area contributed by atoms with Crippen LogP contribution in [0.15, 0.2) is 18.2 Å². The third kappa shape index (κ3) is 5.49. The Bertz CT molecular complexity index is 482.